The Morgan fingerprint density at radius 3 is 2.70 bits per heavy atom. The summed E-state index contributed by atoms with van der Waals surface area (Å²) in [7, 11) is 0. The van der Waals surface area contributed by atoms with Crippen molar-refractivity contribution < 1.29 is 9.53 Å². The monoisotopic (exact) mass is 370 g/mol. The largest absolute Gasteiger partial charge is 0.462 e. The number of pyridine rings is 1. The number of rotatable bonds is 8. The number of carbonyl (C=O) groups excluding carboxylic acids is 1. The minimum Gasteiger partial charge on any atom is -0.462 e. The van der Waals surface area contributed by atoms with Gasteiger partial charge in [0.1, 0.15) is 5.52 Å². The lowest BCUT2D eigenvalue weighted by Gasteiger charge is -2.18. The summed E-state index contributed by atoms with van der Waals surface area (Å²) < 4.78 is 5.10. The van der Waals surface area contributed by atoms with Crippen molar-refractivity contribution in [2.45, 2.75) is 20.8 Å². The molecule has 0 aliphatic rings. The Balaban J connectivity index is 2.02. The lowest BCUT2D eigenvalue weighted by atomic mass is 10.1. The Kier molecular flexibility index (Phi) is 5.81. The molecule has 7 heteroatoms. The maximum Gasteiger partial charge on any atom is 0.338 e. The van der Waals surface area contributed by atoms with E-state index in [1.165, 1.54) is 0 Å². The number of anilines is 1. The molecule has 0 bridgehead atoms. The van der Waals surface area contributed by atoms with Crippen molar-refractivity contribution in [2.24, 2.45) is 0 Å². The van der Waals surface area contributed by atoms with Crippen molar-refractivity contribution in [3.8, 4) is 0 Å². The van der Waals surface area contributed by atoms with Gasteiger partial charge < -0.3 is 24.9 Å². The van der Waals surface area contributed by atoms with Crippen molar-refractivity contribution in [1.29, 1.82) is 0 Å². The molecule has 7 nitrogen and oxygen atoms in total. The predicted octanol–water partition coefficient (Wildman–Crippen LogP) is 2.94. The summed E-state index contributed by atoms with van der Waals surface area (Å²) in [5.74, 6) is -0.366. The highest BCUT2D eigenvalue weighted by Crippen LogP contribution is 2.30. The third kappa shape index (κ3) is 3.83. The molecule has 144 valence electrons. The molecule has 0 spiro atoms. The zero-order chi connectivity index (χ0) is 19.4. The number of fused-ring (bicyclic) bond motifs is 3. The average Bonchev–Trinajstić information content (AvgIpc) is 3.07. The first-order valence-corrected chi connectivity index (χ1v) is 9.39. The molecule has 0 radical (unpaired) electrons. The number of hydrogen-bond donors (Lipinski definition) is 3. The quantitative estimate of drug-likeness (QED) is 0.531. The van der Waals surface area contributed by atoms with Gasteiger partial charge in [-0.05, 0) is 38.2 Å². The van der Waals surface area contributed by atoms with Crippen LogP contribution in [0.25, 0.3) is 21.8 Å². The van der Waals surface area contributed by atoms with E-state index in [1.807, 2.05) is 0 Å². The number of aromatic amines is 2. The van der Waals surface area contributed by atoms with Crippen LogP contribution in [0.2, 0.25) is 0 Å². The summed E-state index contributed by atoms with van der Waals surface area (Å²) in [6.45, 7) is 10.0. The van der Waals surface area contributed by atoms with Crippen LogP contribution >= 0.6 is 0 Å². The molecule has 0 saturated carbocycles. The van der Waals surface area contributed by atoms with E-state index in [1.54, 1.807) is 31.3 Å². The van der Waals surface area contributed by atoms with E-state index in [4.69, 9.17) is 4.74 Å². The molecule has 0 aliphatic carbocycles. The second-order valence-electron chi connectivity index (χ2n) is 6.34. The van der Waals surface area contributed by atoms with Gasteiger partial charge in [-0.2, -0.15) is 0 Å². The lowest BCUT2D eigenvalue weighted by molar-refractivity contribution is 0.0526. The molecular formula is C20H26N4O3. The highest BCUT2D eigenvalue weighted by Gasteiger charge is 2.15. The minimum atomic E-state index is -0.366. The molecule has 3 aromatic rings. The summed E-state index contributed by atoms with van der Waals surface area (Å²) in [4.78, 5) is 32.6. The third-order valence-electron chi connectivity index (χ3n) is 4.79. The number of aromatic nitrogens is 2. The summed E-state index contributed by atoms with van der Waals surface area (Å²) in [5.41, 5.74) is 2.43. The molecule has 3 rings (SSSR count). The molecule has 0 unspecified atom stereocenters. The van der Waals surface area contributed by atoms with Crippen LogP contribution in [0.1, 0.15) is 31.1 Å². The second kappa shape index (κ2) is 8.26. The number of benzene rings is 1. The van der Waals surface area contributed by atoms with Crippen molar-refractivity contribution in [3.05, 3.63) is 40.3 Å². The highest BCUT2D eigenvalue weighted by molar-refractivity contribution is 6.14. The van der Waals surface area contributed by atoms with Crippen LogP contribution in [-0.2, 0) is 4.74 Å². The van der Waals surface area contributed by atoms with Crippen molar-refractivity contribution >= 4 is 33.5 Å². The first-order chi connectivity index (χ1) is 13.1. The summed E-state index contributed by atoms with van der Waals surface area (Å²) in [6, 6.07) is 5.29. The number of esters is 1. The molecule has 0 fully saturated rings. The Labute approximate surface area is 157 Å². The summed E-state index contributed by atoms with van der Waals surface area (Å²) >= 11 is 0. The van der Waals surface area contributed by atoms with Gasteiger partial charge in [-0.25, -0.2) is 4.79 Å². The predicted molar refractivity (Wildman–Crippen MR) is 109 cm³/mol. The van der Waals surface area contributed by atoms with E-state index in [0.717, 1.165) is 48.2 Å². The van der Waals surface area contributed by atoms with Gasteiger partial charge in [0.25, 0.3) is 5.56 Å². The number of nitrogens with zero attached hydrogens (tertiary/aromatic N) is 1. The Bertz CT molecular complexity index is 1000. The Morgan fingerprint density at radius 2 is 2.00 bits per heavy atom. The van der Waals surface area contributed by atoms with Crippen molar-refractivity contribution in [2.75, 3.05) is 38.1 Å². The molecule has 0 atom stereocenters. The topological polar surface area (TPSA) is 90.2 Å². The number of carbonyl (C=O) groups is 1. The molecule has 2 heterocycles. The number of likely N-dealkylation sites (N-methyl/N-ethyl adjacent to an activating group) is 1. The van der Waals surface area contributed by atoms with Gasteiger partial charge in [-0.3, -0.25) is 4.79 Å². The molecule has 2 aromatic heterocycles. The zero-order valence-corrected chi connectivity index (χ0v) is 16.0. The number of nitrogens with one attached hydrogen (secondary N) is 3. The maximum absolute atomic E-state index is 12.3. The first kappa shape index (κ1) is 19.0. The number of hydrogen-bond acceptors (Lipinski definition) is 5. The molecule has 3 N–H and O–H groups in total. The van der Waals surface area contributed by atoms with E-state index < -0.39 is 0 Å². The highest BCUT2D eigenvalue weighted by atomic mass is 16.5. The van der Waals surface area contributed by atoms with Gasteiger partial charge in [0.2, 0.25) is 0 Å². The van der Waals surface area contributed by atoms with Gasteiger partial charge in [0, 0.05) is 35.6 Å². The van der Waals surface area contributed by atoms with Gasteiger partial charge in [0.15, 0.2) is 0 Å². The van der Waals surface area contributed by atoms with Gasteiger partial charge in [-0.15, -0.1) is 0 Å². The second-order valence-corrected chi connectivity index (χ2v) is 6.34. The van der Waals surface area contributed by atoms with Crippen LogP contribution in [0, 0.1) is 0 Å². The molecule has 0 amide bonds. The van der Waals surface area contributed by atoms with Crippen LogP contribution in [0.15, 0.2) is 29.2 Å². The van der Waals surface area contributed by atoms with E-state index in [9.17, 15) is 9.59 Å². The minimum absolute atomic E-state index is 0.187. The average molecular weight is 370 g/mol. The van der Waals surface area contributed by atoms with Crippen LogP contribution in [0.3, 0.4) is 0 Å². The molecule has 0 aliphatic heterocycles. The van der Waals surface area contributed by atoms with Crippen LogP contribution in [0.5, 0.6) is 0 Å². The van der Waals surface area contributed by atoms with E-state index >= 15 is 0 Å². The number of H-pyrrole nitrogens is 2. The SMILES string of the molecule is CCOC(=O)c1ccc2[nH]c3c(=O)[nH]cc(NCCN(CC)CC)c3c2c1. The number of ether oxygens (including phenoxy) is 1. The standard InChI is InChI=1S/C20H26N4O3/c1-4-24(5-2)10-9-21-16-12-22-19(25)18-17(16)14-11-13(20(26)27-6-3)7-8-15(14)23-18/h7-8,11-12,21,23H,4-6,9-10H2,1-3H3,(H,22,25). The maximum atomic E-state index is 12.3. The van der Waals surface area contributed by atoms with Gasteiger partial charge in [-0.1, -0.05) is 13.8 Å². The van der Waals surface area contributed by atoms with Gasteiger partial charge in [0.05, 0.1) is 17.9 Å². The van der Waals surface area contributed by atoms with Gasteiger partial charge >= 0.3 is 5.97 Å². The fourth-order valence-electron chi connectivity index (χ4n) is 3.29. The van der Waals surface area contributed by atoms with Crippen LogP contribution in [-0.4, -0.2) is 53.6 Å². The van der Waals surface area contributed by atoms with Crippen molar-refractivity contribution in [1.82, 2.24) is 14.9 Å². The normalized spacial score (nSPS) is 11.4. The Hall–Kier alpha value is -2.80. The summed E-state index contributed by atoms with van der Waals surface area (Å²) in [6.07, 6.45) is 1.69. The smallest absolute Gasteiger partial charge is 0.338 e. The Morgan fingerprint density at radius 1 is 1.22 bits per heavy atom. The first-order valence-electron chi connectivity index (χ1n) is 9.39. The molecule has 1 aromatic carbocycles. The lowest BCUT2D eigenvalue weighted by Crippen LogP contribution is -2.28. The van der Waals surface area contributed by atoms with Crippen LogP contribution < -0.4 is 10.9 Å². The summed E-state index contributed by atoms with van der Waals surface area (Å²) in [5, 5.41) is 5.04. The zero-order valence-electron chi connectivity index (χ0n) is 16.0. The molecule has 27 heavy (non-hydrogen) atoms. The van der Waals surface area contributed by atoms with E-state index in [-0.39, 0.29) is 11.5 Å². The molecule has 0 saturated heterocycles. The third-order valence-corrected chi connectivity index (χ3v) is 4.79. The van der Waals surface area contributed by atoms with Crippen molar-refractivity contribution in [3.63, 3.8) is 0 Å². The van der Waals surface area contributed by atoms with Crippen LogP contribution in [0.4, 0.5) is 5.69 Å². The molecular weight excluding hydrogens is 344 g/mol. The van der Waals surface area contributed by atoms with E-state index in [2.05, 4.69) is 34.0 Å². The van der Waals surface area contributed by atoms with E-state index in [0.29, 0.717) is 17.7 Å². The fourth-order valence-corrected chi connectivity index (χ4v) is 3.29. The fraction of sp³-hybridized carbons (Fsp3) is 0.400.